The van der Waals surface area contributed by atoms with Gasteiger partial charge in [0, 0.05) is 41.8 Å². The number of rotatable bonds is 4. The Morgan fingerprint density at radius 3 is 2.62 bits per heavy atom. The lowest BCUT2D eigenvalue weighted by Gasteiger charge is -2.26. The maximum Gasteiger partial charge on any atom is 0.291 e. The number of anilines is 1. The third-order valence-electron chi connectivity index (χ3n) is 4.33. The molecule has 26 heavy (non-hydrogen) atoms. The Bertz CT molecular complexity index is 801. The third-order valence-corrected chi connectivity index (χ3v) is 4.99. The summed E-state index contributed by atoms with van der Waals surface area (Å²) in [5.74, 6) is 1.30. The van der Waals surface area contributed by atoms with Gasteiger partial charge < -0.3 is 23.9 Å². The van der Waals surface area contributed by atoms with Crippen LogP contribution in [0.2, 0.25) is 0 Å². The summed E-state index contributed by atoms with van der Waals surface area (Å²) < 4.78 is 22.6. The Balaban J connectivity index is 1.49. The predicted octanol–water partition coefficient (Wildman–Crippen LogP) is 2.90. The summed E-state index contributed by atoms with van der Waals surface area (Å²) in [6.07, 6.45) is 1.55. The van der Waals surface area contributed by atoms with Crippen LogP contribution < -0.4 is 14.8 Å². The molecule has 0 radical (unpaired) electrons. The number of amides is 1. The van der Waals surface area contributed by atoms with Crippen molar-refractivity contribution in [3.63, 3.8) is 0 Å². The molecule has 4 rings (SSSR count). The third kappa shape index (κ3) is 3.72. The van der Waals surface area contributed by atoms with E-state index in [1.807, 2.05) is 6.07 Å². The smallest absolute Gasteiger partial charge is 0.291 e. The average Bonchev–Trinajstić information content (AvgIpc) is 3.11. The van der Waals surface area contributed by atoms with Crippen molar-refractivity contribution in [2.24, 2.45) is 0 Å². The van der Waals surface area contributed by atoms with E-state index in [0.717, 1.165) is 23.1 Å². The van der Waals surface area contributed by atoms with Crippen molar-refractivity contribution in [1.82, 2.24) is 4.90 Å². The van der Waals surface area contributed by atoms with Gasteiger partial charge in [-0.05, 0) is 22.0 Å². The van der Waals surface area contributed by atoms with Crippen molar-refractivity contribution < 1.29 is 23.4 Å². The first-order valence-electron chi connectivity index (χ1n) is 8.47. The molecule has 2 aliphatic heterocycles. The zero-order valence-electron chi connectivity index (χ0n) is 14.1. The van der Waals surface area contributed by atoms with E-state index >= 15 is 0 Å². The van der Waals surface area contributed by atoms with Crippen LogP contribution >= 0.6 is 15.9 Å². The maximum atomic E-state index is 12.7. The lowest BCUT2D eigenvalue weighted by atomic mass is 10.2. The Kier molecular flexibility index (Phi) is 5.14. The highest BCUT2D eigenvalue weighted by atomic mass is 79.9. The number of carbonyl (C=O) groups excluding carboxylic acids is 1. The summed E-state index contributed by atoms with van der Waals surface area (Å²) in [6, 6.07) is 5.38. The van der Waals surface area contributed by atoms with Crippen LogP contribution in [-0.4, -0.2) is 50.3 Å². The Morgan fingerprint density at radius 2 is 1.85 bits per heavy atom. The van der Waals surface area contributed by atoms with Gasteiger partial charge in [0.05, 0.1) is 25.2 Å². The molecule has 1 fully saturated rings. The van der Waals surface area contributed by atoms with Crippen molar-refractivity contribution in [2.75, 3.05) is 44.8 Å². The number of benzene rings is 1. The van der Waals surface area contributed by atoms with Crippen LogP contribution in [0, 0.1) is 0 Å². The first-order chi connectivity index (χ1) is 12.7. The molecule has 138 valence electrons. The zero-order valence-corrected chi connectivity index (χ0v) is 15.7. The number of carbonyl (C=O) groups is 1. The average molecular weight is 423 g/mol. The van der Waals surface area contributed by atoms with Crippen LogP contribution in [0.4, 0.5) is 5.69 Å². The maximum absolute atomic E-state index is 12.7. The molecule has 0 bridgehead atoms. The van der Waals surface area contributed by atoms with Gasteiger partial charge in [0.25, 0.3) is 5.91 Å². The highest BCUT2D eigenvalue weighted by Gasteiger charge is 2.21. The zero-order chi connectivity index (χ0) is 17.9. The fourth-order valence-corrected chi connectivity index (χ4v) is 3.42. The molecule has 0 atom stereocenters. The van der Waals surface area contributed by atoms with E-state index < -0.39 is 0 Å². The van der Waals surface area contributed by atoms with Gasteiger partial charge >= 0.3 is 0 Å². The normalized spacial score (nSPS) is 17.1. The van der Waals surface area contributed by atoms with Crippen LogP contribution in [0.1, 0.15) is 16.1 Å². The molecule has 0 unspecified atom stereocenters. The molecular formula is C18H19BrN2O5. The van der Waals surface area contributed by atoms with E-state index in [-0.39, 0.29) is 5.91 Å². The molecule has 1 aromatic carbocycles. The first-order valence-corrected chi connectivity index (χ1v) is 9.27. The second kappa shape index (κ2) is 7.69. The summed E-state index contributed by atoms with van der Waals surface area (Å²) in [6.45, 7) is 4.78. The van der Waals surface area contributed by atoms with Crippen LogP contribution in [0.25, 0.3) is 0 Å². The van der Waals surface area contributed by atoms with E-state index in [0.29, 0.717) is 55.9 Å². The number of fused-ring (bicyclic) bond motifs is 1. The molecule has 3 heterocycles. The molecule has 0 saturated carbocycles. The Hall–Kier alpha value is -2.03. The van der Waals surface area contributed by atoms with Crippen LogP contribution in [-0.2, 0) is 11.3 Å². The minimum absolute atomic E-state index is 0.296. The molecule has 1 N–H and O–H groups in total. The molecule has 0 spiro atoms. The number of hydrogen-bond donors (Lipinski definition) is 1. The summed E-state index contributed by atoms with van der Waals surface area (Å²) in [7, 11) is 0. The van der Waals surface area contributed by atoms with Crippen molar-refractivity contribution >= 4 is 27.5 Å². The molecule has 1 amide bonds. The lowest BCUT2D eigenvalue weighted by molar-refractivity contribution is 0.0340. The highest BCUT2D eigenvalue weighted by Crippen LogP contribution is 2.38. The van der Waals surface area contributed by atoms with Crippen molar-refractivity contribution in [2.45, 2.75) is 6.54 Å². The first kappa shape index (κ1) is 17.4. The number of hydrogen-bond acceptors (Lipinski definition) is 6. The van der Waals surface area contributed by atoms with E-state index in [2.05, 4.69) is 26.1 Å². The van der Waals surface area contributed by atoms with Gasteiger partial charge in [0.1, 0.15) is 13.2 Å². The van der Waals surface area contributed by atoms with Gasteiger partial charge in [-0.2, -0.15) is 0 Å². The molecule has 1 aromatic heterocycles. The fraction of sp³-hybridized carbons (Fsp3) is 0.389. The van der Waals surface area contributed by atoms with Crippen LogP contribution in [0.5, 0.6) is 11.5 Å². The second-order valence-corrected chi connectivity index (χ2v) is 6.95. The molecule has 8 heteroatoms. The summed E-state index contributed by atoms with van der Waals surface area (Å²) in [5, 5.41) is 2.88. The van der Waals surface area contributed by atoms with Gasteiger partial charge in [-0.1, -0.05) is 0 Å². The Morgan fingerprint density at radius 1 is 1.12 bits per heavy atom. The topological polar surface area (TPSA) is 73.2 Å². The fourth-order valence-electron chi connectivity index (χ4n) is 3.00. The van der Waals surface area contributed by atoms with E-state index in [4.69, 9.17) is 18.6 Å². The van der Waals surface area contributed by atoms with Crippen molar-refractivity contribution in [3.05, 3.63) is 40.3 Å². The second-order valence-electron chi connectivity index (χ2n) is 6.09. The van der Waals surface area contributed by atoms with Gasteiger partial charge in [-0.25, -0.2) is 0 Å². The van der Waals surface area contributed by atoms with Crippen molar-refractivity contribution in [3.8, 4) is 11.5 Å². The van der Waals surface area contributed by atoms with E-state index in [9.17, 15) is 4.79 Å². The van der Waals surface area contributed by atoms with Crippen LogP contribution in [0.15, 0.2) is 33.4 Å². The Labute approximate surface area is 159 Å². The summed E-state index contributed by atoms with van der Waals surface area (Å²) in [5.41, 5.74) is 1.46. The van der Waals surface area contributed by atoms with E-state index in [1.165, 1.54) is 0 Å². The van der Waals surface area contributed by atoms with Gasteiger partial charge in [0.2, 0.25) is 0 Å². The number of furan rings is 1. The summed E-state index contributed by atoms with van der Waals surface area (Å²) >= 11 is 3.46. The molecule has 2 aliphatic rings. The largest absolute Gasteiger partial charge is 0.486 e. The summed E-state index contributed by atoms with van der Waals surface area (Å²) in [4.78, 5) is 15.0. The number of nitrogens with one attached hydrogen (secondary N) is 1. The standard InChI is InChI=1S/C18H19BrN2O5/c19-13-9-15-16(25-8-7-24-15)10-14(13)20-18(22)17-12(1-4-26-17)11-21-2-5-23-6-3-21/h1,4,9-10H,2-3,5-8,11H2,(H,20,22). The quantitative estimate of drug-likeness (QED) is 0.816. The number of halogens is 1. The van der Waals surface area contributed by atoms with Gasteiger partial charge in [-0.3, -0.25) is 9.69 Å². The van der Waals surface area contributed by atoms with Gasteiger partial charge in [-0.15, -0.1) is 0 Å². The molecule has 2 aromatic rings. The molecular weight excluding hydrogens is 404 g/mol. The molecule has 1 saturated heterocycles. The van der Waals surface area contributed by atoms with Crippen LogP contribution in [0.3, 0.4) is 0 Å². The minimum Gasteiger partial charge on any atom is -0.486 e. The molecule has 0 aliphatic carbocycles. The van der Waals surface area contributed by atoms with Crippen molar-refractivity contribution in [1.29, 1.82) is 0 Å². The predicted molar refractivity (Wildman–Crippen MR) is 97.9 cm³/mol. The lowest BCUT2D eigenvalue weighted by Crippen LogP contribution is -2.36. The highest BCUT2D eigenvalue weighted by molar-refractivity contribution is 9.10. The van der Waals surface area contributed by atoms with Gasteiger partial charge in [0.15, 0.2) is 17.3 Å². The SMILES string of the molecule is O=C(Nc1cc2c(cc1Br)OCCO2)c1occc1CN1CCOCC1. The van der Waals surface area contributed by atoms with E-state index in [1.54, 1.807) is 18.4 Å². The minimum atomic E-state index is -0.296. The number of morpholine rings is 1. The number of nitrogens with zero attached hydrogens (tertiary/aromatic N) is 1. The monoisotopic (exact) mass is 422 g/mol. The molecule has 7 nitrogen and oxygen atoms in total. The number of ether oxygens (including phenoxy) is 3.